The highest BCUT2D eigenvalue weighted by molar-refractivity contribution is 6.07. The molecule has 4 nitrogen and oxygen atoms in total. The number of ketones is 1. The van der Waals surface area contributed by atoms with E-state index >= 15 is 0 Å². The lowest BCUT2D eigenvalue weighted by Gasteiger charge is -2.14. The summed E-state index contributed by atoms with van der Waals surface area (Å²) in [5, 5.41) is 9.09. The minimum absolute atomic E-state index is 0.151. The van der Waals surface area contributed by atoms with E-state index in [4.69, 9.17) is 10.00 Å². The molecule has 0 amide bonds. The van der Waals surface area contributed by atoms with Gasteiger partial charge >= 0.3 is 0 Å². The number of hydrogen-bond acceptors (Lipinski definition) is 4. The summed E-state index contributed by atoms with van der Waals surface area (Å²) >= 11 is 0. The molecule has 0 atom stereocenters. The number of para-hydroxylation sites is 1. The molecule has 0 spiro atoms. The first-order valence-corrected chi connectivity index (χ1v) is 6.98. The van der Waals surface area contributed by atoms with Gasteiger partial charge in [0, 0.05) is 20.3 Å². The summed E-state index contributed by atoms with van der Waals surface area (Å²) < 4.78 is 32.8. The Labute approximate surface area is 138 Å². The lowest BCUT2D eigenvalue weighted by atomic mass is 10.1. The predicted octanol–water partition coefficient (Wildman–Crippen LogP) is 3.50. The fraction of sp³-hybridized carbons (Fsp3) is 0.111. The van der Waals surface area contributed by atoms with E-state index < -0.39 is 23.0 Å². The van der Waals surface area contributed by atoms with Gasteiger partial charge in [0.1, 0.15) is 11.8 Å². The number of rotatable bonds is 5. The molecule has 0 N–H and O–H groups in total. The molecule has 0 aliphatic rings. The standard InChI is InChI=1S/C18H14F2N2O2/c1-22(2)11-16(24-15-9-4-3-6-12(15)10-21)18(23)13-7-5-8-14(19)17(13)20/h3-9,11H,1-2H3/b16-11+. The second kappa shape index (κ2) is 7.38. The Bertz CT molecular complexity index is 839. The summed E-state index contributed by atoms with van der Waals surface area (Å²) in [5.74, 6) is -3.27. The number of carbonyl (C=O) groups excluding carboxylic acids is 1. The topological polar surface area (TPSA) is 53.3 Å². The maximum atomic E-state index is 13.9. The summed E-state index contributed by atoms with van der Waals surface area (Å²) in [6.45, 7) is 0. The zero-order valence-electron chi connectivity index (χ0n) is 13.1. The summed E-state index contributed by atoms with van der Waals surface area (Å²) in [5.41, 5.74) is -0.229. The van der Waals surface area contributed by atoms with Crippen molar-refractivity contribution in [3.05, 3.63) is 77.2 Å². The molecule has 6 heteroatoms. The fourth-order valence-electron chi connectivity index (χ4n) is 1.94. The van der Waals surface area contributed by atoms with Crippen LogP contribution in [0.5, 0.6) is 5.75 Å². The number of halogens is 2. The number of carbonyl (C=O) groups is 1. The molecule has 0 aromatic heterocycles. The van der Waals surface area contributed by atoms with E-state index in [0.717, 1.165) is 6.07 Å². The number of hydrogen-bond donors (Lipinski definition) is 0. The monoisotopic (exact) mass is 328 g/mol. The van der Waals surface area contributed by atoms with Crippen LogP contribution in [0.15, 0.2) is 54.4 Å². The number of nitriles is 1. The van der Waals surface area contributed by atoms with Crippen molar-refractivity contribution in [2.45, 2.75) is 0 Å². The molecule has 0 saturated carbocycles. The van der Waals surface area contributed by atoms with Crippen molar-refractivity contribution in [1.82, 2.24) is 4.90 Å². The number of allylic oxidation sites excluding steroid dienone is 1. The van der Waals surface area contributed by atoms with Gasteiger partial charge in [-0.1, -0.05) is 18.2 Å². The highest BCUT2D eigenvalue weighted by Crippen LogP contribution is 2.23. The van der Waals surface area contributed by atoms with Crippen LogP contribution in [0.4, 0.5) is 8.78 Å². The Morgan fingerprint density at radius 2 is 1.88 bits per heavy atom. The molecule has 2 aromatic carbocycles. The van der Waals surface area contributed by atoms with Crippen LogP contribution in [0.3, 0.4) is 0 Å². The van der Waals surface area contributed by atoms with Crippen LogP contribution in [0, 0.1) is 23.0 Å². The molecule has 2 rings (SSSR count). The van der Waals surface area contributed by atoms with Crippen molar-refractivity contribution >= 4 is 5.78 Å². The van der Waals surface area contributed by atoms with Gasteiger partial charge in [-0.15, -0.1) is 0 Å². The second-order valence-electron chi connectivity index (χ2n) is 5.10. The molecule has 0 aliphatic carbocycles. The van der Waals surface area contributed by atoms with Gasteiger partial charge in [0.05, 0.1) is 11.1 Å². The van der Waals surface area contributed by atoms with Crippen LogP contribution < -0.4 is 4.74 Å². The van der Waals surface area contributed by atoms with Gasteiger partial charge in [-0.05, 0) is 24.3 Å². The smallest absolute Gasteiger partial charge is 0.232 e. The molecule has 0 unspecified atom stereocenters. The van der Waals surface area contributed by atoms with Crippen molar-refractivity contribution in [1.29, 1.82) is 5.26 Å². The zero-order chi connectivity index (χ0) is 17.7. The van der Waals surface area contributed by atoms with Gasteiger partial charge in [0.15, 0.2) is 17.4 Å². The van der Waals surface area contributed by atoms with E-state index in [1.165, 1.54) is 35.4 Å². The normalized spacial score (nSPS) is 10.9. The van der Waals surface area contributed by atoms with Gasteiger partial charge in [-0.3, -0.25) is 4.79 Å². The van der Waals surface area contributed by atoms with Crippen LogP contribution in [-0.2, 0) is 0 Å². The van der Waals surface area contributed by atoms with E-state index in [9.17, 15) is 13.6 Å². The predicted molar refractivity (Wildman–Crippen MR) is 84.2 cm³/mol. The molecule has 0 fully saturated rings. The third kappa shape index (κ3) is 3.76. The molecular weight excluding hydrogens is 314 g/mol. The van der Waals surface area contributed by atoms with E-state index in [-0.39, 0.29) is 17.1 Å². The molecule has 122 valence electrons. The number of nitrogens with zero attached hydrogens (tertiary/aromatic N) is 2. The van der Waals surface area contributed by atoms with Crippen LogP contribution >= 0.6 is 0 Å². The molecular formula is C18H14F2N2O2. The maximum absolute atomic E-state index is 13.9. The van der Waals surface area contributed by atoms with E-state index in [2.05, 4.69) is 0 Å². The molecule has 0 saturated heterocycles. The van der Waals surface area contributed by atoms with Crippen LogP contribution in [-0.4, -0.2) is 24.8 Å². The third-order valence-corrected chi connectivity index (χ3v) is 3.02. The Morgan fingerprint density at radius 1 is 1.17 bits per heavy atom. The first-order valence-electron chi connectivity index (χ1n) is 6.98. The number of ether oxygens (including phenoxy) is 1. The van der Waals surface area contributed by atoms with Crippen LogP contribution in [0.1, 0.15) is 15.9 Å². The average molecular weight is 328 g/mol. The molecule has 0 radical (unpaired) electrons. The van der Waals surface area contributed by atoms with Crippen molar-refractivity contribution in [3.63, 3.8) is 0 Å². The largest absolute Gasteiger partial charge is 0.450 e. The average Bonchev–Trinajstić information content (AvgIpc) is 2.56. The lowest BCUT2D eigenvalue weighted by Crippen LogP contribution is -2.16. The van der Waals surface area contributed by atoms with Crippen molar-refractivity contribution < 1.29 is 18.3 Å². The Kier molecular flexibility index (Phi) is 5.27. The Balaban J connectivity index is 2.45. The lowest BCUT2D eigenvalue weighted by molar-refractivity contribution is 0.0977. The first kappa shape index (κ1) is 17.2. The Morgan fingerprint density at radius 3 is 2.54 bits per heavy atom. The SMILES string of the molecule is CN(C)/C=C(/Oc1ccccc1C#N)C(=O)c1cccc(F)c1F. The minimum Gasteiger partial charge on any atom is -0.450 e. The highest BCUT2D eigenvalue weighted by Gasteiger charge is 2.22. The van der Waals surface area contributed by atoms with Crippen LogP contribution in [0.25, 0.3) is 0 Å². The maximum Gasteiger partial charge on any atom is 0.232 e. The summed E-state index contributed by atoms with van der Waals surface area (Å²) in [7, 11) is 3.30. The molecule has 2 aromatic rings. The highest BCUT2D eigenvalue weighted by atomic mass is 19.2. The van der Waals surface area contributed by atoms with E-state index in [1.54, 1.807) is 26.2 Å². The van der Waals surface area contributed by atoms with Gasteiger partial charge in [-0.25, -0.2) is 8.78 Å². The second-order valence-corrected chi connectivity index (χ2v) is 5.10. The Hall–Kier alpha value is -3.20. The zero-order valence-corrected chi connectivity index (χ0v) is 13.1. The van der Waals surface area contributed by atoms with E-state index in [1.807, 2.05) is 6.07 Å². The van der Waals surface area contributed by atoms with Crippen LogP contribution in [0.2, 0.25) is 0 Å². The van der Waals surface area contributed by atoms with Gasteiger partial charge < -0.3 is 9.64 Å². The summed E-state index contributed by atoms with van der Waals surface area (Å²) in [6.07, 6.45) is 1.33. The van der Waals surface area contributed by atoms with Crippen molar-refractivity contribution in [3.8, 4) is 11.8 Å². The minimum atomic E-state index is -1.25. The van der Waals surface area contributed by atoms with Gasteiger partial charge in [0.25, 0.3) is 0 Å². The van der Waals surface area contributed by atoms with E-state index in [0.29, 0.717) is 0 Å². The summed E-state index contributed by atoms with van der Waals surface area (Å²) in [4.78, 5) is 14.1. The van der Waals surface area contributed by atoms with Gasteiger partial charge in [0.2, 0.25) is 5.78 Å². The molecule has 0 aliphatic heterocycles. The number of Topliss-reactive ketones (excluding diaryl/α,β-unsaturated/α-hetero) is 1. The van der Waals surface area contributed by atoms with Crippen molar-refractivity contribution in [2.75, 3.05) is 14.1 Å². The first-order chi connectivity index (χ1) is 11.4. The number of benzene rings is 2. The molecule has 24 heavy (non-hydrogen) atoms. The fourth-order valence-corrected chi connectivity index (χ4v) is 1.94. The van der Waals surface area contributed by atoms with Gasteiger partial charge in [-0.2, -0.15) is 5.26 Å². The quantitative estimate of drug-likeness (QED) is 0.479. The van der Waals surface area contributed by atoms with Crippen molar-refractivity contribution in [2.24, 2.45) is 0 Å². The molecule has 0 heterocycles. The summed E-state index contributed by atoms with van der Waals surface area (Å²) in [6, 6.07) is 11.6. The molecule has 0 bridgehead atoms. The third-order valence-electron chi connectivity index (χ3n) is 3.02.